The second-order valence-corrected chi connectivity index (χ2v) is 5.48. The summed E-state index contributed by atoms with van der Waals surface area (Å²) < 4.78 is 0. The molecule has 1 fully saturated rings. The third kappa shape index (κ3) is 4.06. The highest BCUT2D eigenvalue weighted by atomic mass is 16.2. The molecule has 1 aromatic rings. The Morgan fingerprint density at radius 3 is 2.79 bits per heavy atom. The molecule has 3 nitrogen and oxygen atoms in total. The summed E-state index contributed by atoms with van der Waals surface area (Å²) in [6.45, 7) is 6.91. The van der Waals surface area contributed by atoms with Crippen molar-refractivity contribution in [3.05, 3.63) is 35.4 Å². The zero-order valence-corrected chi connectivity index (χ0v) is 12.0. The molecule has 1 atom stereocenters. The molecule has 0 saturated carbocycles. The van der Waals surface area contributed by atoms with Crippen LogP contribution in [-0.2, 0) is 11.2 Å². The monoisotopic (exact) mass is 260 g/mol. The Hall–Kier alpha value is -1.35. The molecule has 19 heavy (non-hydrogen) atoms. The number of amides is 1. The number of carbonyl (C=O) groups excluding carboxylic acids is 1. The van der Waals surface area contributed by atoms with Crippen LogP contribution < -0.4 is 5.32 Å². The van der Waals surface area contributed by atoms with Crippen LogP contribution in [0.1, 0.15) is 30.9 Å². The summed E-state index contributed by atoms with van der Waals surface area (Å²) in [6, 6.07) is 8.92. The predicted molar refractivity (Wildman–Crippen MR) is 78.2 cm³/mol. The number of hydrogen-bond donors (Lipinski definition) is 1. The molecule has 1 heterocycles. The van der Waals surface area contributed by atoms with Crippen molar-refractivity contribution in [2.24, 2.45) is 0 Å². The number of aryl methyl sites for hydroxylation is 2. The summed E-state index contributed by atoms with van der Waals surface area (Å²) in [5.74, 6) is 0.307. The van der Waals surface area contributed by atoms with Crippen LogP contribution >= 0.6 is 0 Å². The third-order valence-corrected chi connectivity index (χ3v) is 3.80. The molecule has 3 heteroatoms. The topological polar surface area (TPSA) is 32.3 Å². The van der Waals surface area contributed by atoms with Crippen molar-refractivity contribution in [1.82, 2.24) is 10.2 Å². The molecule has 1 unspecified atom stereocenters. The number of nitrogens with one attached hydrogen (secondary N) is 1. The van der Waals surface area contributed by atoms with Crippen LogP contribution in [0.4, 0.5) is 0 Å². The van der Waals surface area contributed by atoms with Gasteiger partial charge in [-0.05, 0) is 32.3 Å². The smallest absolute Gasteiger partial charge is 0.222 e. The van der Waals surface area contributed by atoms with E-state index in [0.29, 0.717) is 18.4 Å². The molecule has 0 aromatic heterocycles. The van der Waals surface area contributed by atoms with E-state index in [1.165, 1.54) is 11.1 Å². The van der Waals surface area contributed by atoms with Gasteiger partial charge in [-0.2, -0.15) is 0 Å². The highest BCUT2D eigenvalue weighted by Crippen LogP contribution is 2.10. The van der Waals surface area contributed by atoms with Gasteiger partial charge >= 0.3 is 0 Å². The summed E-state index contributed by atoms with van der Waals surface area (Å²) in [7, 11) is 0. The van der Waals surface area contributed by atoms with E-state index in [1.807, 2.05) is 4.90 Å². The quantitative estimate of drug-likeness (QED) is 0.899. The van der Waals surface area contributed by atoms with Crippen LogP contribution in [0.2, 0.25) is 0 Å². The second-order valence-electron chi connectivity index (χ2n) is 5.48. The van der Waals surface area contributed by atoms with Crippen LogP contribution in [0.5, 0.6) is 0 Å². The summed E-state index contributed by atoms with van der Waals surface area (Å²) in [5, 5.41) is 3.31. The van der Waals surface area contributed by atoms with Crippen molar-refractivity contribution in [2.75, 3.05) is 19.6 Å². The first kappa shape index (κ1) is 14.1. The Bertz CT molecular complexity index is 413. The summed E-state index contributed by atoms with van der Waals surface area (Å²) in [5.41, 5.74) is 2.61. The molecule has 1 aromatic carbocycles. The highest BCUT2D eigenvalue weighted by Gasteiger charge is 2.22. The number of nitrogens with zero attached hydrogens (tertiary/aromatic N) is 1. The number of hydrogen-bond acceptors (Lipinski definition) is 2. The molecule has 2 rings (SSSR count). The maximum absolute atomic E-state index is 12.2. The minimum atomic E-state index is 0.307. The zero-order chi connectivity index (χ0) is 13.7. The molecule has 0 bridgehead atoms. The van der Waals surface area contributed by atoms with E-state index >= 15 is 0 Å². The highest BCUT2D eigenvalue weighted by molar-refractivity contribution is 5.76. The van der Waals surface area contributed by atoms with Crippen LogP contribution in [0.25, 0.3) is 0 Å². The van der Waals surface area contributed by atoms with Gasteiger partial charge in [0.1, 0.15) is 0 Å². The number of benzene rings is 1. The molecular weight excluding hydrogens is 236 g/mol. The van der Waals surface area contributed by atoms with E-state index < -0.39 is 0 Å². The largest absolute Gasteiger partial charge is 0.337 e. The van der Waals surface area contributed by atoms with Crippen LogP contribution in [0.15, 0.2) is 24.3 Å². The standard InChI is InChI=1S/C16H24N2O/c1-13-6-8-15(9-7-13)4-3-5-16(19)18-11-10-17-12-14(18)2/h6-9,14,17H,3-5,10-12H2,1-2H3. The molecule has 1 N–H and O–H groups in total. The van der Waals surface area contributed by atoms with E-state index in [4.69, 9.17) is 0 Å². The summed E-state index contributed by atoms with van der Waals surface area (Å²) in [6.07, 6.45) is 2.60. The number of carbonyl (C=O) groups is 1. The van der Waals surface area contributed by atoms with Gasteiger partial charge in [-0.1, -0.05) is 29.8 Å². The van der Waals surface area contributed by atoms with Crippen LogP contribution in [-0.4, -0.2) is 36.5 Å². The lowest BCUT2D eigenvalue weighted by molar-refractivity contribution is -0.134. The zero-order valence-electron chi connectivity index (χ0n) is 12.0. The first-order chi connectivity index (χ1) is 9.16. The first-order valence-corrected chi connectivity index (χ1v) is 7.22. The Morgan fingerprint density at radius 2 is 2.11 bits per heavy atom. The lowest BCUT2D eigenvalue weighted by Gasteiger charge is -2.34. The lowest BCUT2D eigenvalue weighted by atomic mass is 10.1. The van der Waals surface area contributed by atoms with Gasteiger partial charge in [-0.3, -0.25) is 4.79 Å². The van der Waals surface area contributed by atoms with Crippen LogP contribution in [0.3, 0.4) is 0 Å². The molecule has 0 radical (unpaired) electrons. The average molecular weight is 260 g/mol. The van der Waals surface area contributed by atoms with Crippen molar-refractivity contribution >= 4 is 5.91 Å². The third-order valence-electron chi connectivity index (χ3n) is 3.80. The van der Waals surface area contributed by atoms with Crippen molar-refractivity contribution in [2.45, 2.75) is 39.2 Å². The van der Waals surface area contributed by atoms with E-state index in [1.54, 1.807) is 0 Å². The first-order valence-electron chi connectivity index (χ1n) is 7.22. The molecule has 0 spiro atoms. The molecule has 104 valence electrons. The van der Waals surface area contributed by atoms with Crippen molar-refractivity contribution in [1.29, 1.82) is 0 Å². The van der Waals surface area contributed by atoms with Crippen molar-refractivity contribution < 1.29 is 4.79 Å². The second kappa shape index (κ2) is 6.71. The van der Waals surface area contributed by atoms with Gasteiger partial charge in [0.25, 0.3) is 0 Å². The minimum absolute atomic E-state index is 0.307. The van der Waals surface area contributed by atoms with Crippen molar-refractivity contribution in [3.63, 3.8) is 0 Å². The normalized spacial score (nSPS) is 19.5. The van der Waals surface area contributed by atoms with Gasteiger partial charge < -0.3 is 10.2 Å². The fourth-order valence-electron chi connectivity index (χ4n) is 2.55. The van der Waals surface area contributed by atoms with Crippen molar-refractivity contribution in [3.8, 4) is 0 Å². The summed E-state index contributed by atoms with van der Waals surface area (Å²) >= 11 is 0. The maximum Gasteiger partial charge on any atom is 0.222 e. The van der Waals surface area contributed by atoms with Gasteiger partial charge in [0, 0.05) is 32.1 Å². The molecule has 1 amide bonds. The molecular formula is C16H24N2O. The number of rotatable bonds is 4. The van der Waals surface area contributed by atoms with E-state index in [2.05, 4.69) is 43.4 Å². The van der Waals surface area contributed by atoms with E-state index in [0.717, 1.165) is 32.5 Å². The molecule has 1 aliphatic rings. The summed E-state index contributed by atoms with van der Waals surface area (Å²) in [4.78, 5) is 14.2. The Kier molecular flexibility index (Phi) is 4.97. The Labute approximate surface area is 116 Å². The maximum atomic E-state index is 12.2. The molecule has 0 aliphatic carbocycles. The SMILES string of the molecule is Cc1ccc(CCCC(=O)N2CCNCC2C)cc1. The van der Waals surface area contributed by atoms with E-state index in [9.17, 15) is 4.79 Å². The fourth-order valence-corrected chi connectivity index (χ4v) is 2.55. The molecule has 1 saturated heterocycles. The fraction of sp³-hybridized carbons (Fsp3) is 0.562. The van der Waals surface area contributed by atoms with E-state index in [-0.39, 0.29) is 0 Å². The van der Waals surface area contributed by atoms with Gasteiger partial charge in [-0.15, -0.1) is 0 Å². The van der Waals surface area contributed by atoms with Gasteiger partial charge in [0.05, 0.1) is 0 Å². The average Bonchev–Trinajstić information content (AvgIpc) is 2.41. The Morgan fingerprint density at radius 1 is 1.37 bits per heavy atom. The molecule has 1 aliphatic heterocycles. The Balaban J connectivity index is 1.75. The lowest BCUT2D eigenvalue weighted by Crippen LogP contribution is -2.52. The van der Waals surface area contributed by atoms with Crippen LogP contribution in [0, 0.1) is 6.92 Å². The van der Waals surface area contributed by atoms with Gasteiger partial charge in [-0.25, -0.2) is 0 Å². The predicted octanol–water partition coefficient (Wildman–Crippen LogP) is 2.14. The number of piperazine rings is 1. The van der Waals surface area contributed by atoms with Gasteiger partial charge in [0.2, 0.25) is 5.91 Å². The minimum Gasteiger partial charge on any atom is -0.337 e. The van der Waals surface area contributed by atoms with Gasteiger partial charge in [0.15, 0.2) is 0 Å².